The van der Waals surface area contributed by atoms with E-state index in [1.807, 2.05) is 0 Å². The topological polar surface area (TPSA) is 30.3 Å². The first-order chi connectivity index (χ1) is 7.81. The summed E-state index contributed by atoms with van der Waals surface area (Å²) in [5, 5.41) is 9.27. The average Bonchev–Trinajstić information content (AvgIpc) is 2.70. The monoisotopic (exact) mass is 219 g/mol. The minimum absolute atomic E-state index is 0.0285. The van der Waals surface area contributed by atoms with E-state index in [1.165, 1.54) is 45.4 Å². The molecule has 3 fully saturated rings. The summed E-state index contributed by atoms with van der Waals surface area (Å²) in [6.45, 7) is 5.96. The number of hydrogen-bond acceptors (Lipinski definition) is 3. The molecule has 2 heterocycles. The van der Waals surface area contributed by atoms with Crippen molar-refractivity contribution in [2.75, 3.05) is 32.7 Å². The van der Waals surface area contributed by atoms with Crippen molar-refractivity contribution >= 4 is 0 Å². The van der Waals surface area contributed by atoms with E-state index in [0.29, 0.717) is 0 Å². The Labute approximate surface area is 98.0 Å². The van der Waals surface area contributed by atoms with Gasteiger partial charge in [0.15, 0.2) is 0 Å². The van der Waals surface area contributed by atoms with Gasteiger partial charge >= 0.3 is 0 Å². The smallest absolute Gasteiger partial charge is 0.0703 e. The second kappa shape index (κ2) is 4.01. The maximum absolute atomic E-state index is 9.27. The molecule has 0 aromatic carbocycles. The summed E-state index contributed by atoms with van der Waals surface area (Å²) < 4.78 is 0. The highest BCUT2D eigenvalue weighted by Crippen LogP contribution is 2.41. The van der Waals surface area contributed by atoms with Crippen LogP contribution in [-0.2, 0) is 0 Å². The van der Waals surface area contributed by atoms with E-state index in [1.54, 1.807) is 0 Å². The molecule has 2 saturated heterocycles. The van der Waals surface area contributed by atoms with Gasteiger partial charge in [-0.15, -0.1) is 0 Å². The molecule has 0 radical (unpaired) electrons. The van der Waals surface area contributed by atoms with Crippen LogP contribution in [0.2, 0.25) is 0 Å². The summed E-state index contributed by atoms with van der Waals surface area (Å²) in [5.41, 5.74) is 0.0285. The lowest BCUT2D eigenvalue weighted by atomic mass is 9.69. The first-order valence-electron chi connectivity index (χ1n) is 6.69. The maximum Gasteiger partial charge on any atom is 0.0703 e. The predicted octanol–water partition coefficient (Wildman–Crippen LogP) is 1.46. The molecule has 0 aromatic heterocycles. The summed E-state index contributed by atoms with van der Waals surface area (Å²) in [6.07, 6.45) is 6.28. The third-order valence-electron chi connectivity index (χ3n) is 4.75. The van der Waals surface area contributed by atoms with E-state index in [9.17, 15) is 5.26 Å². The fraction of sp³-hybridized carbons (Fsp3) is 0.923. The van der Waals surface area contributed by atoms with Crippen LogP contribution in [-0.4, -0.2) is 48.6 Å². The summed E-state index contributed by atoms with van der Waals surface area (Å²) in [5.74, 6) is 0. The van der Waals surface area contributed by atoms with Crippen molar-refractivity contribution in [2.45, 2.75) is 38.1 Å². The van der Waals surface area contributed by atoms with Gasteiger partial charge < -0.3 is 0 Å². The van der Waals surface area contributed by atoms with Crippen molar-refractivity contribution in [1.29, 1.82) is 5.26 Å². The molecule has 0 amide bonds. The first kappa shape index (κ1) is 10.6. The lowest BCUT2D eigenvalue weighted by Crippen LogP contribution is -2.53. The van der Waals surface area contributed by atoms with E-state index < -0.39 is 0 Å². The summed E-state index contributed by atoms with van der Waals surface area (Å²) in [7, 11) is 0. The van der Waals surface area contributed by atoms with Crippen molar-refractivity contribution in [3.05, 3.63) is 0 Å². The van der Waals surface area contributed by atoms with Crippen molar-refractivity contribution < 1.29 is 0 Å². The molecular weight excluding hydrogens is 198 g/mol. The highest BCUT2D eigenvalue weighted by molar-refractivity contribution is 5.07. The Morgan fingerprint density at radius 3 is 2.75 bits per heavy atom. The molecule has 3 heteroatoms. The Hall–Kier alpha value is -0.590. The molecule has 3 aliphatic rings. The van der Waals surface area contributed by atoms with E-state index in [4.69, 9.17) is 0 Å². The van der Waals surface area contributed by atoms with Crippen LogP contribution in [0.25, 0.3) is 0 Å². The van der Waals surface area contributed by atoms with E-state index in [2.05, 4.69) is 15.9 Å². The molecule has 1 saturated carbocycles. The zero-order chi connectivity index (χ0) is 11.0. The quantitative estimate of drug-likeness (QED) is 0.704. The van der Waals surface area contributed by atoms with Gasteiger partial charge in [0.2, 0.25) is 0 Å². The highest BCUT2D eigenvalue weighted by atomic mass is 15.3. The summed E-state index contributed by atoms with van der Waals surface area (Å²) in [6, 6.07) is 3.36. The number of nitriles is 1. The highest BCUT2D eigenvalue weighted by Gasteiger charge is 2.40. The minimum Gasteiger partial charge on any atom is -0.299 e. The van der Waals surface area contributed by atoms with Crippen LogP contribution in [0.1, 0.15) is 32.1 Å². The number of fused-ring (bicyclic) bond motifs is 1. The van der Waals surface area contributed by atoms with E-state index in [-0.39, 0.29) is 5.41 Å². The molecule has 3 rings (SSSR count). The Kier molecular flexibility index (Phi) is 2.65. The van der Waals surface area contributed by atoms with E-state index >= 15 is 0 Å². The number of piperazine rings is 1. The number of nitrogens with zero attached hydrogens (tertiary/aromatic N) is 3. The lowest BCUT2D eigenvalue weighted by molar-refractivity contribution is 0.0547. The van der Waals surface area contributed by atoms with Crippen LogP contribution in [0.5, 0.6) is 0 Å². The molecule has 16 heavy (non-hydrogen) atoms. The van der Waals surface area contributed by atoms with Crippen molar-refractivity contribution in [1.82, 2.24) is 9.80 Å². The summed E-state index contributed by atoms with van der Waals surface area (Å²) >= 11 is 0. The second-order valence-corrected chi connectivity index (χ2v) is 5.81. The van der Waals surface area contributed by atoms with Crippen LogP contribution in [0.4, 0.5) is 0 Å². The molecule has 0 aromatic rings. The Morgan fingerprint density at radius 1 is 1.19 bits per heavy atom. The molecule has 3 nitrogen and oxygen atoms in total. The Morgan fingerprint density at radius 2 is 2.06 bits per heavy atom. The Balaban J connectivity index is 1.58. The van der Waals surface area contributed by atoms with Gasteiger partial charge in [0.05, 0.1) is 11.5 Å². The van der Waals surface area contributed by atoms with Crippen LogP contribution in [0.3, 0.4) is 0 Å². The molecule has 0 spiro atoms. The molecule has 1 aliphatic carbocycles. The first-order valence-corrected chi connectivity index (χ1v) is 6.69. The van der Waals surface area contributed by atoms with Crippen LogP contribution in [0, 0.1) is 16.7 Å². The molecule has 1 atom stereocenters. The number of rotatable bonds is 2. The molecule has 2 aliphatic heterocycles. The standard InChI is InChI=1S/C13H21N3/c14-10-13(4-2-5-13)11-15-7-8-16-6-1-3-12(16)9-15/h12H,1-9,11H2. The van der Waals surface area contributed by atoms with Gasteiger partial charge in [-0.25, -0.2) is 0 Å². The lowest BCUT2D eigenvalue weighted by Gasteiger charge is -2.44. The largest absolute Gasteiger partial charge is 0.299 e. The fourth-order valence-electron chi connectivity index (χ4n) is 3.54. The molecule has 0 bridgehead atoms. The van der Waals surface area contributed by atoms with Gasteiger partial charge in [-0.05, 0) is 32.2 Å². The van der Waals surface area contributed by atoms with Gasteiger partial charge in [0.25, 0.3) is 0 Å². The third kappa shape index (κ3) is 1.74. The fourth-order valence-corrected chi connectivity index (χ4v) is 3.54. The predicted molar refractivity (Wildman–Crippen MR) is 62.9 cm³/mol. The normalized spacial score (nSPS) is 34.1. The van der Waals surface area contributed by atoms with Crippen molar-refractivity contribution in [3.63, 3.8) is 0 Å². The van der Waals surface area contributed by atoms with Gasteiger partial charge in [0.1, 0.15) is 0 Å². The molecule has 88 valence electrons. The van der Waals surface area contributed by atoms with Crippen LogP contribution in [0.15, 0.2) is 0 Å². The zero-order valence-electron chi connectivity index (χ0n) is 9.99. The van der Waals surface area contributed by atoms with Crippen molar-refractivity contribution in [2.24, 2.45) is 5.41 Å². The van der Waals surface area contributed by atoms with E-state index in [0.717, 1.165) is 25.4 Å². The summed E-state index contributed by atoms with van der Waals surface area (Å²) in [4.78, 5) is 5.19. The number of hydrogen-bond donors (Lipinski definition) is 0. The Bertz CT molecular complexity index is 303. The zero-order valence-corrected chi connectivity index (χ0v) is 9.99. The second-order valence-electron chi connectivity index (χ2n) is 5.81. The maximum atomic E-state index is 9.27. The average molecular weight is 219 g/mol. The van der Waals surface area contributed by atoms with Crippen LogP contribution < -0.4 is 0 Å². The van der Waals surface area contributed by atoms with Gasteiger partial charge in [-0.3, -0.25) is 9.80 Å². The third-order valence-corrected chi connectivity index (χ3v) is 4.75. The van der Waals surface area contributed by atoms with Crippen molar-refractivity contribution in [3.8, 4) is 6.07 Å². The van der Waals surface area contributed by atoms with Gasteiger partial charge in [0, 0.05) is 32.2 Å². The van der Waals surface area contributed by atoms with Crippen LogP contribution >= 0.6 is 0 Å². The van der Waals surface area contributed by atoms with Gasteiger partial charge in [-0.2, -0.15) is 5.26 Å². The van der Waals surface area contributed by atoms with Gasteiger partial charge in [-0.1, -0.05) is 6.42 Å². The molecular formula is C13H21N3. The molecule has 0 N–H and O–H groups in total. The SMILES string of the molecule is N#CC1(CN2CCN3CCCC3C2)CCC1. The molecule has 1 unspecified atom stereocenters. The minimum atomic E-state index is 0.0285.